The van der Waals surface area contributed by atoms with Crippen LogP contribution in [0.1, 0.15) is 19.8 Å². The van der Waals surface area contributed by atoms with Crippen molar-refractivity contribution in [3.05, 3.63) is 0 Å². The van der Waals surface area contributed by atoms with Crippen molar-refractivity contribution in [1.29, 1.82) is 0 Å². The van der Waals surface area contributed by atoms with Crippen LogP contribution in [0.25, 0.3) is 0 Å². The van der Waals surface area contributed by atoms with E-state index in [0.29, 0.717) is 6.42 Å². The van der Waals surface area contributed by atoms with Crippen LogP contribution in [-0.4, -0.2) is 30.0 Å². The Labute approximate surface area is 150 Å². The molecule has 12 heteroatoms. The molecule has 0 radical (unpaired) electrons. The predicted molar refractivity (Wildman–Crippen MR) is 42.0 cm³/mol. The monoisotopic (exact) mass is 342 g/mol. The van der Waals surface area contributed by atoms with Crippen LogP contribution in [0.2, 0.25) is 0 Å². The SMILES string of the molecule is CCCC(=O)[O-].O=C(F)C(F)(F)C(F)(F)C(F)(F)F.[K+]. The summed E-state index contributed by atoms with van der Waals surface area (Å²) in [6, 6.07) is -4.03. The third-order valence-electron chi connectivity index (χ3n) is 1.45. The van der Waals surface area contributed by atoms with Gasteiger partial charge in [0.2, 0.25) is 0 Å². The summed E-state index contributed by atoms with van der Waals surface area (Å²) in [5.41, 5.74) is 0. The molecule has 20 heavy (non-hydrogen) atoms. The molecule has 114 valence electrons. The van der Waals surface area contributed by atoms with Gasteiger partial charge in [-0.1, -0.05) is 13.3 Å². The van der Waals surface area contributed by atoms with Gasteiger partial charge in [0.05, 0.1) is 0 Å². The Morgan fingerprint density at radius 1 is 1.00 bits per heavy atom. The number of rotatable bonds is 4. The largest absolute Gasteiger partial charge is 1.00 e. The fourth-order valence-corrected chi connectivity index (χ4v) is 0.506. The van der Waals surface area contributed by atoms with E-state index in [-0.39, 0.29) is 57.8 Å². The number of halogens is 8. The van der Waals surface area contributed by atoms with Crippen LogP contribution >= 0.6 is 0 Å². The standard InChI is InChI=1S/C4F8O.C4H8O2.K/c5-1(13)2(6,7)3(8,9)4(10,11)12;1-2-3-4(5)6;/h;2-3H2,1H3,(H,5,6);/q;;+1/p-1. The van der Waals surface area contributed by atoms with Crippen molar-refractivity contribution in [2.45, 2.75) is 37.8 Å². The second kappa shape index (κ2) is 9.28. The minimum Gasteiger partial charge on any atom is -0.550 e. The van der Waals surface area contributed by atoms with E-state index in [0.717, 1.165) is 0 Å². The number of carboxylic acid groups (broad SMARTS) is 1. The molecule has 0 aromatic carbocycles. The van der Waals surface area contributed by atoms with Crippen molar-refractivity contribution in [1.82, 2.24) is 0 Å². The number of hydrogen-bond donors (Lipinski definition) is 0. The minimum atomic E-state index is -6.70. The molecule has 0 spiro atoms. The first kappa shape index (κ1) is 25.2. The van der Waals surface area contributed by atoms with Crippen LogP contribution in [0.15, 0.2) is 0 Å². The molecule has 0 aromatic rings. The summed E-state index contributed by atoms with van der Waals surface area (Å²) >= 11 is 0. The maximum atomic E-state index is 11.6. The first-order valence-electron chi connectivity index (χ1n) is 4.43. The van der Waals surface area contributed by atoms with Crippen LogP contribution in [0.3, 0.4) is 0 Å². The Hall–Kier alpha value is 0.216. The van der Waals surface area contributed by atoms with E-state index in [1.165, 1.54) is 0 Å². The Balaban J connectivity index is -0.000000352. The smallest absolute Gasteiger partial charge is 0.550 e. The summed E-state index contributed by atoms with van der Waals surface area (Å²) < 4.78 is 91.1. The maximum absolute atomic E-state index is 11.6. The number of alkyl halides is 7. The molecule has 0 aliphatic carbocycles. The van der Waals surface area contributed by atoms with Gasteiger partial charge >= 0.3 is 75.4 Å². The fourth-order valence-electron chi connectivity index (χ4n) is 0.506. The van der Waals surface area contributed by atoms with E-state index in [1.54, 1.807) is 6.92 Å². The average Bonchev–Trinajstić information content (AvgIpc) is 2.15. The minimum absolute atomic E-state index is 0. The molecule has 0 aliphatic rings. The summed E-state index contributed by atoms with van der Waals surface area (Å²) in [6.45, 7) is 1.80. The van der Waals surface area contributed by atoms with Gasteiger partial charge in [0.1, 0.15) is 0 Å². The second-order valence-electron chi connectivity index (χ2n) is 3.04. The normalized spacial score (nSPS) is 11.8. The summed E-state index contributed by atoms with van der Waals surface area (Å²) in [6.07, 6.45) is -5.83. The van der Waals surface area contributed by atoms with Gasteiger partial charge in [-0.15, -0.1) is 0 Å². The fraction of sp³-hybridized carbons (Fsp3) is 0.750. The molecule has 0 heterocycles. The molecule has 0 fully saturated rings. The van der Waals surface area contributed by atoms with E-state index < -0.39 is 30.0 Å². The number of hydrogen-bond acceptors (Lipinski definition) is 3. The summed E-state index contributed by atoms with van der Waals surface area (Å²) in [7, 11) is 0. The third kappa shape index (κ3) is 7.29. The van der Waals surface area contributed by atoms with Gasteiger partial charge in [-0.3, -0.25) is 4.79 Å². The maximum Gasteiger partial charge on any atom is 1.00 e. The number of aliphatic carboxylic acids is 1. The van der Waals surface area contributed by atoms with Crippen molar-refractivity contribution in [3.63, 3.8) is 0 Å². The van der Waals surface area contributed by atoms with Gasteiger partial charge in [0.15, 0.2) is 0 Å². The molecule has 0 bridgehead atoms. The van der Waals surface area contributed by atoms with Crippen molar-refractivity contribution < 1.29 is 101 Å². The van der Waals surface area contributed by atoms with Gasteiger partial charge in [0, 0.05) is 5.97 Å². The zero-order valence-corrected chi connectivity index (χ0v) is 13.3. The van der Waals surface area contributed by atoms with Crippen LogP contribution in [0, 0.1) is 0 Å². The Morgan fingerprint density at radius 2 is 1.35 bits per heavy atom. The van der Waals surface area contributed by atoms with E-state index in [9.17, 15) is 45.0 Å². The Bertz CT molecular complexity index is 328. The zero-order valence-electron chi connectivity index (χ0n) is 10.2. The Morgan fingerprint density at radius 3 is 1.40 bits per heavy atom. The van der Waals surface area contributed by atoms with Crippen LogP contribution in [0.5, 0.6) is 0 Å². The zero-order chi connectivity index (χ0) is 16.1. The molecule has 0 saturated carbocycles. The average molecular weight is 342 g/mol. The van der Waals surface area contributed by atoms with Crippen molar-refractivity contribution in [2.75, 3.05) is 0 Å². The van der Waals surface area contributed by atoms with Gasteiger partial charge in [-0.05, 0) is 6.42 Å². The van der Waals surface area contributed by atoms with Crippen LogP contribution in [0.4, 0.5) is 35.1 Å². The molecule has 0 rings (SSSR count). The van der Waals surface area contributed by atoms with E-state index in [2.05, 4.69) is 0 Å². The summed E-state index contributed by atoms with van der Waals surface area (Å²) in [5.74, 6) is -14.0. The number of carbonyl (C=O) groups excluding carboxylic acids is 2. The molecular formula is C8H7F8KO3. The molecular weight excluding hydrogens is 335 g/mol. The predicted octanol–water partition coefficient (Wildman–Crippen LogP) is -1.14. The molecule has 0 amide bonds. The van der Waals surface area contributed by atoms with Crippen molar-refractivity contribution in [2.24, 2.45) is 0 Å². The quantitative estimate of drug-likeness (QED) is 0.369. The van der Waals surface area contributed by atoms with Crippen molar-refractivity contribution >= 4 is 12.0 Å². The molecule has 0 unspecified atom stereocenters. The number of carboxylic acids is 1. The van der Waals surface area contributed by atoms with Gasteiger partial charge in [-0.25, -0.2) is 0 Å². The van der Waals surface area contributed by atoms with Gasteiger partial charge in [-0.2, -0.15) is 35.1 Å². The van der Waals surface area contributed by atoms with Gasteiger partial charge < -0.3 is 9.90 Å². The Kier molecular flexibility index (Phi) is 11.7. The van der Waals surface area contributed by atoms with E-state index in [1.807, 2.05) is 0 Å². The number of carbonyl (C=O) groups is 2. The molecule has 0 N–H and O–H groups in total. The topological polar surface area (TPSA) is 57.2 Å². The van der Waals surface area contributed by atoms with Crippen LogP contribution < -0.4 is 56.5 Å². The molecule has 0 aliphatic heterocycles. The molecule has 3 nitrogen and oxygen atoms in total. The molecule has 0 atom stereocenters. The van der Waals surface area contributed by atoms with Crippen LogP contribution in [-0.2, 0) is 9.59 Å². The summed E-state index contributed by atoms with van der Waals surface area (Å²) in [4.78, 5) is 18.7. The molecule has 0 aromatic heterocycles. The molecule has 0 saturated heterocycles. The van der Waals surface area contributed by atoms with E-state index in [4.69, 9.17) is 4.79 Å². The first-order chi connectivity index (χ1) is 8.21. The second-order valence-corrected chi connectivity index (χ2v) is 3.04. The summed E-state index contributed by atoms with van der Waals surface area (Å²) in [5, 5.41) is 9.49. The van der Waals surface area contributed by atoms with Gasteiger partial charge in [0.25, 0.3) is 0 Å². The first-order valence-corrected chi connectivity index (χ1v) is 4.43. The van der Waals surface area contributed by atoms with Crippen molar-refractivity contribution in [3.8, 4) is 0 Å². The third-order valence-corrected chi connectivity index (χ3v) is 1.45. The van der Waals surface area contributed by atoms with E-state index >= 15 is 0 Å².